The number of aliphatic hydroxyl groups is 1. The highest BCUT2D eigenvalue weighted by Crippen LogP contribution is 2.19. The molecule has 2 nitrogen and oxygen atoms in total. The first-order chi connectivity index (χ1) is 5.88. The van der Waals surface area contributed by atoms with E-state index in [1.54, 1.807) is 0 Å². The molecule has 0 bridgehead atoms. The van der Waals surface area contributed by atoms with Crippen molar-refractivity contribution in [3.8, 4) is 0 Å². The summed E-state index contributed by atoms with van der Waals surface area (Å²) in [6.45, 7) is 1.64. The Bertz CT molecular complexity index is 272. The first-order valence-electron chi connectivity index (χ1n) is 4.34. The molecule has 1 aliphatic rings. The van der Waals surface area contributed by atoms with Crippen molar-refractivity contribution in [2.24, 2.45) is 0 Å². The minimum Gasteiger partial charge on any atom is -0.387 e. The monoisotopic (exact) mass is 163 g/mol. The second-order valence-corrected chi connectivity index (χ2v) is 3.17. The van der Waals surface area contributed by atoms with Crippen LogP contribution >= 0.6 is 0 Å². The van der Waals surface area contributed by atoms with E-state index in [2.05, 4.69) is 11.4 Å². The van der Waals surface area contributed by atoms with Crippen LogP contribution in [0.5, 0.6) is 0 Å². The summed E-state index contributed by atoms with van der Waals surface area (Å²) >= 11 is 0. The van der Waals surface area contributed by atoms with Gasteiger partial charge in [0.05, 0.1) is 6.10 Å². The van der Waals surface area contributed by atoms with Crippen molar-refractivity contribution >= 4 is 0 Å². The topological polar surface area (TPSA) is 32.3 Å². The minimum absolute atomic E-state index is 0.330. The normalized spacial score (nSPS) is 22.9. The number of hydrogen-bond acceptors (Lipinski definition) is 2. The number of aliphatic hydroxyl groups excluding tert-OH is 1. The zero-order valence-corrected chi connectivity index (χ0v) is 6.96. The molecule has 2 N–H and O–H groups in total. The average Bonchev–Trinajstić information content (AvgIpc) is 2.29. The number of β-amino-alcohol motifs (C(OH)–C–C–N with tert-alkyl or cyclic N) is 1. The lowest BCUT2D eigenvalue weighted by molar-refractivity contribution is 0.178. The highest BCUT2D eigenvalue weighted by atomic mass is 16.3. The Balaban J connectivity index is 2.39. The molecule has 2 rings (SSSR count). The van der Waals surface area contributed by atoms with E-state index in [1.807, 2.05) is 18.2 Å². The molecule has 1 heterocycles. The van der Waals surface area contributed by atoms with Gasteiger partial charge >= 0.3 is 0 Å². The zero-order valence-electron chi connectivity index (χ0n) is 6.96. The highest BCUT2D eigenvalue weighted by Gasteiger charge is 2.14. The molecule has 0 amide bonds. The fourth-order valence-corrected chi connectivity index (χ4v) is 1.66. The van der Waals surface area contributed by atoms with Crippen LogP contribution in [0.2, 0.25) is 0 Å². The van der Waals surface area contributed by atoms with Gasteiger partial charge < -0.3 is 10.4 Å². The van der Waals surface area contributed by atoms with E-state index >= 15 is 0 Å². The van der Waals surface area contributed by atoms with Gasteiger partial charge in [0.15, 0.2) is 0 Å². The summed E-state index contributed by atoms with van der Waals surface area (Å²) in [5.41, 5.74) is 2.36. The Kier molecular flexibility index (Phi) is 2.11. The van der Waals surface area contributed by atoms with E-state index in [0.29, 0.717) is 6.54 Å². The summed E-state index contributed by atoms with van der Waals surface area (Å²) in [6, 6.07) is 8.10. The van der Waals surface area contributed by atoms with Crippen LogP contribution in [0.3, 0.4) is 0 Å². The lowest BCUT2D eigenvalue weighted by atomic mass is 10.0. The summed E-state index contributed by atoms with van der Waals surface area (Å²) in [4.78, 5) is 0. The van der Waals surface area contributed by atoms with E-state index in [1.165, 1.54) is 5.56 Å². The third-order valence-electron chi connectivity index (χ3n) is 2.32. The molecule has 0 fully saturated rings. The van der Waals surface area contributed by atoms with Crippen LogP contribution in [0.4, 0.5) is 0 Å². The maximum Gasteiger partial charge on any atom is 0.0917 e. The van der Waals surface area contributed by atoms with E-state index in [-0.39, 0.29) is 6.10 Å². The number of hydrogen-bond donors (Lipinski definition) is 2. The second-order valence-electron chi connectivity index (χ2n) is 3.17. The molecule has 1 atom stereocenters. The first kappa shape index (κ1) is 7.77. The van der Waals surface area contributed by atoms with Gasteiger partial charge in [-0.05, 0) is 24.1 Å². The molecule has 0 radical (unpaired) electrons. The van der Waals surface area contributed by atoms with Gasteiger partial charge in [0.1, 0.15) is 0 Å². The fourth-order valence-electron chi connectivity index (χ4n) is 1.66. The Morgan fingerprint density at radius 2 is 2.17 bits per heavy atom. The smallest absolute Gasteiger partial charge is 0.0917 e. The maximum absolute atomic E-state index is 9.68. The zero-order chi connectivity index (χ0) is 8.39. The SMILES string of the molecule is OC1CNCCc2ccccc21. The molecule has 0 aromatic heterocycles. The van der Waals surface area contributed by atoms with Gasteiger partial charge in [-0.15, -0.1) is 0 Å². The van der Waals surface area contributed by atoms with Crippen LogP contribution in [0.1, 0.15) is 17.2 Å². The van der Waals surface area contributed by atoms with Gasteiger partial charge in [-0.25, -0.2) is 0 Å². The van der Waals surface area contributed by atoms with Gasteiger partial charge in [0.2, 0.25) is 0 Å². The number of rotatable bonds is 0. The highest BCUT2D eigenvalue weighted by molar-refractivity contribution is 5.30. The molecule has 12 heavy (non-hydrogen) atoms. The summed E-state index contributed by atoms with van der Waals surface area (Å²) < 4.78 is 0. The van der Waals surface area contributed by atoms with Crippen molar-refractivity contribution in [1.82, 2.24) is 5.32 Å². The van der Waals surface area contributed by atoms with Crippen molar-refractivity contribution < 1.29 is 5.11 Å². The Labute approximate surface area is 72.2 Å². The van der Waals surface area contributed by atoms with Crippen molar-refractivity contribution in [2.45, 2.75) is 12.5 Å². The second kappa shape index (κ2) is 3.25. The largest absolute Gasteiger partial charge is 0.387 e. The van der Waals surface area contributed by atoms with E-state index in [9.17, 15) is 5.11 Å². The quantitative estimate of drug-likeness (QED) is 0.594. The van der Waals surface area contributed by atoms with Crippen LogP contribution in [0.15, 0.2) is 24.3 Å². The van der Waals surface area contributed by atoms with Crippen molar-refractivity contribution in [1.29, 1.82) is 0 Å². The summed E-state index contributed by atoms with van der Waals surface area (Å²) in [5, 5.41) is 12.9. The molecule has 2 heteroatoms. The van der Waals surface area contributed by atoms with Crippen LogP contribution in [-0.2, 0) is 6.42 Å². The van der Waals surface area contributed by atoms with Gasteiger partial charge in [0.25, 0.3) is 0 Å². The molecule has 1 aliphatic heterocycles. The lowest BCUT2D eigenvalue weighted by Gasteiger charge is -2.09. The third-order valence-corrected chi connectivity index (χ3v) is 2.32. The van der Waals surface area contributed by atoms with Crippen molar-refractivity contribution in [3.05, 3.63) is 35.4 Å². The average molecular weight is 163 g/mol. The Morgan fingerprint density at radius 1 is 1.33 bits per heavy atom. The summed E-state index contributed by atoms with van der Waals surface area (Å²) in [5.74, 6) is 0. The molecule has 0 aliphatic carbocycles. The summed E-state index contributed by atoms with van der Waals surface area (Å²) in [7, 11) is 0. The van der Waals surface area contributed by atoms with E-state index < -0.39 is 0 Å². The minimum atomic E-state index is -0.330. The predicted octanol–water partition coefficient (Wildman–Crippen LogP) is 0.866. The van der Waals surface area contributed by atoms with Crippen molar-refractivity contribution in [2.75, 3.05) is 13.1 Å². The fraction of sp³-hybridized carbons (Fsp3) is 0.400. The molecular weight excluding hydrogens is 150 g/mol. The third kappa shape index (κ3) is 1.36. The molecule has 1 aromatic rings. The van der Waals surface area contributed by atoms with Crippen LogP contribution in [0.25, 0.3) is 0 Å². The van der Waals surface area contributed by atoms with Gasteiger partial charge in [-0.3, -0.25) is 0 Å². The molecule has 0 saturated carbocycles. The molecular formula is C10H13NO. The van der Waals surface area contributed by atoms with Crippen LogP contribution in [0, 0.1) is 0 Å². The molecule has 64 valence electrons. The molecule has 0 saturated heterocycles. The van der Waals surface area contributed by atoms with Crippen molar-refractivity contribution in [3.63, 3.8) is 0 Å². The van der Waals surface area contributed by atoms with Crippen LogP contribution in [-0.4, -0.2) is 18.2 Å². The molecule has 1 aromatic carbocycles. The first-order valence-corrected chi connectivity index (χ1v) is 4.34. The van der Waals surface area contributed by atoms with Gasteiger partial charge in [0, 0.05) is 6.54 Å². The molecule has 0 spiro atoms. The maximum atomic E-state index is 9.68. The van der Waals surface area contributed by atoms with E-state index in [4.69, 9.17) is 0 Å². The van der Waals surface area contributed by atoms with E-state index in [0.717, 1.165) is 18.5 Å². The van der Waals surface area contributed by atoms with Crippen LogP contribution < -0.4 is 5.32 Å². The lowest BCUT2D eigenvalue weighted by Crippen LogP contribution is -2.19. The van der Waals surface area contributed by atoms with Gasteiger partial charge in [-0.1, -0.05) is 24.3 Å². The number of benzene rings is 1. The predicted molar refractivity (Wildman–Crippen MR) is 48.0 cm³/mol. The van der Waals surface area contributed by atoms with Gasteiger partial charge in [-0.2, -0.15) is 0 Å². The Morgan fingerprint density at radius 3 is 3.08 bits per heavy atom. The summed E-state index contributed by atoms with van der Waals surface area (Å²) in [6.07, 6.45) is 0.691. The number of nitrogens with one attached hydrogen (secondary N) is 1. The standard InChI is InChI=1S/C10H13NO/c12-10-7-11-6-5-8-3-1-2-4-9(8)10/h1-4,10-12H,5-7H2. The number of fused-ring (bicyclic) bond motifs is 1. The Hall–Kier alpha value is -0.860. The molecule has 1 unspecified atom stereocenters.